The Bertz CT molecular complexity index is 276. The van der Waals surface area contributed by atoms with Crippen LogP contribution in [0, 0.1) is 18.9 Å². The van der Waals surface area contributed by atoms with E-state index in [0.717, 1.165) is 5.92 Å². The third kappa shape index (κ3) is 4.67. The molecule has 1 unspecified atom stereocenters. The van der Waals surface area contributed by atoms with Crippen LogP contribution in [0.15, 0.2) is 23.8 Å². The van der Waals surface area contributed by atoms with Crippen molar-refractivity contribution in [2.24, 2.45) is 11.8 Å². The monoisotopic (exact) mass is 235 g/mol. The molecule has 0 aromatic heterocycles. The summed E-state index contributed by atoms with van der Waals surface area (Å²) < 4.78 is 0. The molecule has 2 N–H and O–H groups in total. The summed E-state index contributed by atoms with van der Waals surface area (Å²) in [5, 5.41) is 2.16. The molecule has 0 saturated heterocycles. The molecule has 1 nitrogen and oxygen atoms in total. The first kappa shape index (κ1) is 14.5. The Hall–Kier alpha value is -0.560. The van der Waals surface area contributed by atoms with Crippen molar-refractivity contribution < 1.29 is 5.32 Å². The molecule has 0 aliphatic heterocycles. The number of hydrogen-bond donors (Lipinski definition) is 1. The molecule has 0 heterocycles. The Labute approximate surface area is 107 Å². The van der Waals surface area contributed by atoms with E-state index < -0.39 is 0 Å². The van der Waals surface area contributed by atoms with Crippen molar-refractivity contribution in [3.63, 3.8) is 0 Å². The SMILES string of the molecule is [CH2-][NH2+]C1(C)CCC(C(C)/C=C/C=C(C)C)CC1. The van der Waals surface area contributed by atoms with Gasteiger partial charge in [-0.1, -0.05) is 30.7 Å². The third-order valence-electron chi connectivity index (χ3n) is 4.25. The van der Waals surface area contributed by atoms with Crippen LogP contribution in [0.3, 0.4) is 0 Å². The van der Waals surface area contributed by atoms with Crippen molar-refractivity contribution in [1.82, 2.24) is 0 Å². The lowest BCUT2D eigenvalue weighted by atomic mass is 9.73. The molecular weight excluding hydrogens is 206 g/mol. The predicted octanol–water partition coefficient (Wildman–Crippen LogP) is 3.45. The van der Waals surface area contributed by atoms with Crippen molar-refractivity contribution >= 4 is 0 Å². The zero-order chi connectivity index (χ0) is 12.9. The zero-order valence-electron chi connectivity index (χ0n) is 12.0. The van der Waals surface area contributed by atoms with Crippen LogP contribution >= 0.6 is 0 Å². The van der Waals surface area contributed by atoms with E-state index in [4.69, 9.17) is 0 Å². The van der Waals surface area contributed by atoms with Gasteiger partial charge in [-0.15, -0.1) is 0 Å². The Balaban J connectivity index is 2.43. The van der Waals surface area contributed by atoms with Gasteiger partial charge in [0.2, 0.25) is 0 Å². The molecule has 0 spiro atoms. The van der Waals surface area contributed by atoms with Crippen LogP contribution in [0.25, 0.3) is 0 Å². The Kier molecular flexibility index (Phi) is 5.45. The van der Waals surface area contributed by atoms with E-state index in [-0.39, 0.29) is 0 Å². The lowest BCUT2D eigenvalue weighted by molar-refractivity contribution is -0.676. The van der Waals surface area contributed by atoms with Gasteiger partial charge in [-0.05, 0) is 58.3 Å². The summed E-state index contributed by atoms with van der Waals surface area (Å²) in [5.74, 6) is 1.57. The fourth-order valence-electron chi connectivity index (χ4n) is 2.61. The van der Waals surface area contributed by atoms with E-state index in [1.54, 1.807) is 0 Å². The average molecular weight is 235 g/mol. The second-order valence-electron chi connectivity index (χ2n) is 6.18. The minimum Gasteiger partial charge on any atom is -0.474 e. The van der Waals surface area contributed by atoms with Gasteiger partial charge in [0.1, 0.15) is 0 Å². The third-order valence-corrected chi connectivity index (χ3v) is 4.25. The fourth-order valence-corrected chi connectivity index (χ4v) is 2.61. The molecule has 1 aliphatic rings. The summed E-state index contributed by atoms with van der Waals surface area (Å²) in [5.41, 5.74) is 1.77. The maximum absolute atomic E-state index is 3.97. The van der Waals surface area contributed by atoms with Crippen LogP contribution in [0.1, 0.15) is 53.4 Å². The molecule has 1 saturated carbocycles. The molecule has 0 radical (unpaired) electrons. The van der Waals surface area contributed by atoms with Gasteiger partial charge in [0, 0.05) is 0 Å². The van der Waals surface area contributed by atoms with Crippen molar-refractivity contribution in [3.05, 3.63) is 30.8 Å². The highest BCUT2D eigenvalue weighted by Crippen LogP contribution is 2.34. The lowest BCUT2D eigenvalue weighted by Crippen LogP contribution is -2.91. The van der Waals surface area contributed by atoms with Gasteiger partial charge < -0.3 is 5.32 Å². The highest BCUT2D eigenvalue weighted by molar-refractivity contribution is 5.09. The van der Waals surface area contributed by atoms with Crippen molar-refractivity contribution in [1.29, 1.82) is 0 Å². The van der Waals surface area contributed by atoms with E-state index in [1.807, 2.05) is 0 Å². The smallest absolute Gasteiger partial charge is 0.0695 e. The van der Waals surface area contributed by atoms with E-state index in [1.165, 1.54) is 31.3 Å². The van der Waals surface area contributed by atoms with Crippen LogP contribution in [-0.4, -0.2) is 5.54 Å². The first-order chi connectivity index (χ1) is 7.97. The maximum atomic E-state index is 3.97. The Morgan fingerprint density at radius 2 is 1.94 bits per heavy atom. The Morgan fingerprint density at radius 1 is 1.35 bits per heavy atom. The summed E-state index contributed by atoms with van der Waals surface area (Å²) >= 11 is 0. The van der Waals surface area contributed by atoms with Crippen molar-refractivity contribution in [2.75, 3.05) is 0 Å². The van der Waals surface area contributed by atoms with Gasteiger partial charge in [-0.25, -0.2) is 0 Å². The number of rotatable bonds is 4. The van der Waals surface area contributed by atoms with Crippen LogP contribution in [0.2, 0.25) is 0 Å². The molecule has 1 aliphatic carbocycles. The van der Waals surface area contributed by atoms with Gasteiger partial charge in [-0.3, -0.25) is 0 Å². The summed E-state index contributed by atoms with van der Waals surface area (Å²) in [6.07, 6.45) is 12.1. The fraction of sp³-hybridized carbons (Fsp3) is 0.688. The number of quaternary nitrogens is 1. The average Bonchev–Trinajstić information content (AvgIpc) is 2.29. The van der Waals surface area contributed by atoms with Gasteiger partial charge in [-0.2, -0.15) is 7.05 Å². The number of hydrogen-bond acceptors (Lipinski definition) is 0. The summed E-state index contributed by atoms with van der Waals surface area (Å²) in [7, 11) is 3.97. The minimum atomic E-state index is 0.403. The predicted molar refractivity (Wildman–Crippen MR) is 75.4 cm³/mol. The second kappa shape index (κ2) is 6.39. The van der Waals surface area contributed by atoms with Crippen molar-refractivity contribution in [3.8, 4) is 0 Å². The number of allylic oxidation sites excluding steroid dienone is 4. The van der Waals surface area contributed by atoms with Crippen LogP contribution in [-0.2, 0) is 0 Å². The van der Waals surface area contributed by atoms with E-state index in [2.05, 4.69) is 58.3 Å². The topological polar surface area (TPSA) is 16.6 Å². The van der Waals surface area contributed by atoms with E-state index >= 15 is 0 Å². The summed E-state index contributed by atoms with van der Waals surface area (Å²) in [4.78, 5) is 0. The molecule has 0 aromatic rings. The molecule has 0 amide bonds. The summed E-state index contributed by atoms with van der Waals surface area (Å²) in [6.45, 7) is 8.99. The van der Waals surface area contributed by atoms with Gasteiger partial charge >= 0.3 is 0 Å². The van der Waals surface area contributed by atoms with Gasteiger partial charge in [0.05, 0.1) is 5.54 Å². The second-order valence-corrected chi connectivity index (χ2v) is 6.18. The molecular formula is C16H29N. The molecule has 1 atom stereocenters. The largest absolute Gasteiger partial charge is 0.474 e. The molecule has 0 aromatic carbocycles. The van der Waals surface area contributed by atoms with Gasteiger partial charge in [0.15, 0.2) is 0 Å². The molecule has 98 valence electrons. The first-order valence-electron chi connectivity index (χ1n) is 6.92. The number of nitrogens with two attached hydrogens (primary N) is 1. The standard InChI is InChI=1S/C16H29N/c1-13(2)7-6-8-14(3)15-9-11-16(4,17-5)12-10-15/h6-8,14-15H,5,9-12,17H2,1-4H3/b8-6+. The molecule has 1 heteroatoms. The zero-order valence-corrected chi connectivity index (χ0v) is 12.0. The maximum Gasteiger partial charge on any atom is 0.0695 e. The highest BCUT2D eigenvalue weighted by atomic mass is 14.9. The van der Waals surface area contributed by atoms with E-state index in [0.29, 0.717) is 11.5 Å². The van der Waals surface area contributed by atoms with Crippen LogP contribution in [0.4, 0.5) is 0 Å². The normalized spacial score (nSPS) is 31.5. The molecule has 17 heavy (non-hydrogen) atoms. The Morgan fingerprint density at radius 3 is 2.41 bits per heavy atom. The molecule has 1 rings (SSSR count). The van der Waals surface area contributed by atoms with E-state index in [9.17, 15) is 0 Å². The van der Waals surface area contributed by atoms with Crippen molar-refractivity contribution in [2.45, 2.75) is 58.9 Å². The lowest BCUT2D eigenvalue weighted by Gasteiger charge is -2.38. The minimum absolute atomic E-state index is 0.403. The quantitative estimate of drug-likeness (QED) is 0.568. The van der Waals surface area contributed by atoms with Crippen LogP contribution in [0.5, 0.6) is 0 Å². The first-order valence-corrected chi connectivity index (χ1v) is 6.92. The molecule has 0 bridgehead atoms. The highest BCUT2D eigenvalue weighted by Gasteiger charge is 2.32. The molecule has 1 fully saturated rings. The van der Waals surface area contributed by atoms with Crippen LogP contribution < -0.4 is 5.32 Å². The summed E-state index contributed by atoms with van der Waals surface area (Å²) in [6, 6.07) is 0. The van der Waals surface area contributed by atoms with Gasteiger partial charge in [0.25, 0.3) is 0 Å².